The molecule has 17 heavy (non-hydrogen) atoms. The molecule has 0 aromatic carbocycles. The summed E-state index contributed by atoms with van der Waals surface area (Å²) in [5, 5.41) is 13.0. The average Bonchev–Trinajstić information content (AvgIpc) is 2.69. The molecule has 0 aliphatic carbocycles. The lowest BCUT2D eigenvalue weighted by Crippen LogP contribution is -2.06. The van der Waals surface area contributed by atoms with Crippen molar-refractivity contribution >= 4 is 16.5 Å². The summed E-state index contributed by atoms with van der Waals surface area (Å²) in [4.78, 5) is 0. The highest BCUT2D eigenvalue weighted by Crippen LogP contribution is 2.22. The number of hydrogen-bond acceptors (Lipinski definition) is 5. The van der Waals surface area contributed by atoms with E-state index in [1.54, 1.807) is 0 Å². The number of nitrogens with one attached hydrogen (secondary N) is 1. The van der Waals surface area contributed by atoms with Gasteiger partial charge in [0, 0.05) is 19.8 Å². The van der Waals surface area contributed by atoms with Gasteiger partial charge in [-0.3, -0.25) is 0 Å². The Kier molecular flexibility index (Phi) is 6.60. The highest BCUT2D eigenvalue weighted by atomic mass is 32.1. The van der Waals surface area contributed by atoms with Crippen LogP contribution in [-0.2, 0) is 4.74 Å². The molecule has 1 heterocycles. The van der Waals surface area contributed by atoms with Crippen LogP contribution in [0.4, 0.5) is 5.00 Å². The van der Waals surface area contributed by atoms with E-state index in [0.29, 0.717) is 5.56 Å². The maximum atomic E-state index is 8.94. The van der Waals surface area contributed by atoms with Crippen LogP contribution in [0.1, 0.15) is 37.4 Å². The van der Waals surface area contributed by atoms with Gasteiger partial charge in [0.05, 0.1) is 5.69 Å². The Balaban J connectivity index is 2.16. The van der Waals surface area contributed by atoms with Crippen molar-refractivity contribution in [2.24, 2.45) is 0 Å². The van der Waals surface area contributed by atoms with Gasteiger partial charge in [0.15, 0.2) is 0 Å². The van der Waals surface area contributed by atoms with Crippen molar-refractivity contribution in [1.82, 2.24) is 4.37 Å². The third kappa shape index (κ3) is 4.72. The molecule has 0 saturated carbocycles. The van der Waals surface area contributed by atoms with Gasteiger partial charge in [-0.1, -0.05) is 13.3 Å². The Hall–Kier alpha value is -1.12. The summed E-state index contributed by atoms with van der Waals surface area (Å²) in [7, 11) is 0. The van der Waals surface area contributed by atoms with E-state index in [2.05, 4.69) is 22.7 Å². The molecular weight excluding hydrogens is 234 g/mol. The molecule has 4 nitrogen and oxygen atoms in total. The molecule has 1 aromatic heterocycles. The average molecular weight is 253 g/mol. The molecule has 0 aliphatic heterocycles. The van der Waals surface area contributed by atoms with Crippen LogP contribution in [0.3, 0.4) is 0 Å². The second kappa shape index (κ2) is 8.04. The predicted molar refractivity (Wildman–Crippen MR) is 70.4 cm³/mol. The lowest BCUT2D eigenvalue weighted by Gasteiger charge is -2.05. The quantitative estimate of drug-likeness (QED) is 0.724. The Morgan fingerprint density at radius 1 is 1.41 bits per heavy atom. The molecule has 0 amide bonds. The zero-order valence-electron chi connectivity index (χ0n) is 10.5. The molecular formula is C12H19N3OS. The molecule has 0 unspecified atom stereocenters. The van der Waals surface area contributed by atoms with Crippen molar-refractivity contribution in [2.75, 3.05) is 25.1 Å². The summed E-state index contributed by atoms with van der Waals surface area (Å²) >= 11 is 1.35. The molecule has 0 atom stereocenters. The molecule has 1 rings (SSSR count). The van der Waals surface area contributed by atoms with E-state index in [1.165, 1.54) is 18.0 Å². The predicted octanol–water partition coefficient (Wildman–Crippen LogP) is 2.94. The zero-order valence-corrected chi connectivity index (χ0v) is 11.3. The first kappa shape index (κ1) is 13.9. The topological polar surface area (TPSA) is 57.9 Å². The van der Waals surface area contributed by atoms with E-state index in [-0.39, 0.29) is 0 Å². The summed E-state index contributed by atoms with van der Waals surface area (Å²) in [5.74, 6) is 0. The minimum Gasteiger partial charge on any atom is -0.381 e. The van der Waals surface area contributed by atoms with Crippen LogP contribution in [0, 0.1) is 18.3 Å². The number of aromatic nitrogens is 1. The Bertz CT molecular complexity index is 370. The van der Waals surface area contributed by atoms with Gasteiger partial charge in [-0.15, -0.1) is 0 Å². The Morgan fingerprint density at radius 2 is 2.18 bits per heavy atom. The number of hydrogen-bond donors (Lipinski definition) is 1. The minimum absolute atomic E-state index is 0.668. The standard InChI is InChI=1S/C12H19N3OS/c1-3-4-7-16-8-5-6-14-12-11(9-13)10(2)15-17-12/h14H,3-8H2,1-2H3. The van der Waals surface area contributed by atoms with Crippen LogP contribution in [0.15, 0.2) is 0 Å². The smallest absolute Gasteiger partial charge is 0.127 e. The number of nitriles is 1. The Labute approximate surface area is 107 Å². The van der Waals surface area contributed by atoms with E-state index in [4.69, 9.17) is 10.00 Å². The number of nitrogens with zero attached hydrogens (tertiary/aromatic N) is 2. The van der Waals surface area contributed by atoms with Crippen LogP contribution in [0.25, 0.3) is 0 Å². The van der Waals surface area contributed by atoms with Gasteiger partial charge in [0.2, 0.25) is 0 Å². The lowest BCUT2D eigenvalue weighted by molar-refractivity contribution is 0.131. The van der Waals surface area contributed by atoms with Crippen molar-refractivity contribution < 1.29 is 4.74 Å². The molecule has 0 aliphatic rings. The third-order valence-electron chi connectivity index (χ3n) is 2.37. The maximum Gasteiger partial charge on any atom is 0.127 e. The van der Waals surface area contributed by atoms with Gasteiger partial charge in [0.1, 0.15) is 16.6 Å². The Morgan fingerprint density at radius 3 is 2.88 bits per heavy atom. The summed E-state index contributed by atoms with van der Waals surface area (Å²) in [6, 6.07) is 2.17. The molecule has 0 radical (unpaired) electrons. The number of rotatable bonds is 8. The summed E-state index contributed by atoms with van der Waals surface area (Å²) in [6.45, 7) is 6.45. The van der Waals surface area contributed by atoms with Crippen LogP contribution in [0.5, 0.6) is 0 Å². The number of aryl methyl sites for hydroxylation is 1. The number of unbranched alkanes of at least 4 members (excludes halogenated alkanes) is 1. The van der Waals surface area contributed by atoms with Gasteiger partial charge in [0.25, 0.3) is 0 Å². The molecule has 94 valence electrons. The van der Waals surface area contributed by atoms with Crippen molar-refractivity contribution in [1.29, 1.82) is 5.26 Å². The fourth-order valence-corrected chi connectivity index (χ4v) is 2.12. The van der Waals surface area contributed by atoms with Gasteiger partial charge >= 0.3 is 0 Å². The maximum absolute atomic E-state index is 8.94. The first-order valence-corrected chi connectivity index (χ1v) is 6.75. The van der Waals surface area contributed by atoms with Gasteiger partial charge in [-0.2, -0.15) is 9.64 Å². The molecule has 1 aromatic rings. The van der Waals surface area contributed by atoms with Crippen LogP contribution in [-0.4, -0.2) is 24.1 Å². The molecule has 0 saturated heterocycles. The monoisotopic (exact) mass is 253 g/mol. The van der Waals surface area contributed by atoms with Crippen molar-refractivity contribution in [2.45, 2.75) is 33.1 Å². The third-order valence-corrected chi connectivity index (χ3v) is 3.26. The second-order valence-corrected chi connectivity index (χ2v) is 4.60. The van der Waals surface area contributed by atoms with Gasteiger partial charge in [-0.05, 0) is 31.3 Å². The normalized spacial score (nSPS) is 10.2. The summed E-state index contributed by atoms with van der Waals surface area (Å²) < 4.78 is 9.61. The largest absolute Gasteiger partial charge is 0.381 e. The molecule has 0 bridgehead atoms. The molecule has 0 fully saturated rings. The SMILES string of the molecule is CCCCOCCCNc1snc(C)c1C#N. The van der Waals surface area contributed by atoms with Gasteiger partial charge in [-0.25, -0.2) is 0 Å². The summed E-state index contributed by atoms with van der Waals surface area (Å²) in [6.07, 6.45) is 3.25. The molecule has 5 heteroatoms. The van der Waals surface area contributed by atoms with Crippen molar-refractivity contribution in [3.63, 3.8) is 0 Å². The fraction of sp³-hybridized carbons (Fsp3) is 0.667. The molecule has 0 spiro atoms. The van der Waals surface area contributed by atoms with E-state index in [9.17, 15) is 0 Å². The molecule has 1 N–H and O–H groups in total. The summed E-state index contributed by atoms with van der Waals surface area (Å²) in [5.41, 5.74) is 1.47. The van der Waals surface area contributed by atoms with E-state index in [0.717, 1.165) is 43.3 Å². The minimum atomic E-state index is 0.668. The van der Waals surface area contributed by atoms with Crippen molar-refractivity contribution in [3.05, 3.63) is 11.3 Å². The van der Waals surface area contributed by atoms with E-state index < -0.39 is 0 Å². The zero-order chi connectivity index (χ0) is 12.5. The highest BCUT2D eigenvalue weighted by molar-refractivity contribution is 7.10. The van der Waals surface area contributed by atoms with Crippen LogP contribution < -0.4 is 5.32 Å². The van der Waals surface area contributed by atoms with E-state index >= 15 is 0 Å². The number of ether oxygens (including phenoxy) is 1. The van der Waals surface area contributed by atoms with Crippen LogP contribution >= 0.6 is 11.5 Å². The number of anilines is 1. The van der Waals surface area contributed by atoms with E-state index in [1.807, 2.05) is 6.92 Å². The highest BCUT2D eigenvalue weighted by Gasteiger charge is 2.08. The first-order valence-electron chi connectivity index (χ1n) is 5.97. The fourth-order valence-electron chi connectivity index (χ4n) is 1.35. The second-order valence-electron chi connectivity index (χ2n) is 3.83. The van der Waals surface area contributed by atoms with Crippen LogP contribution in [0.2, 0.25) is 0 Å². The van der Waals surface area contributed by atoms with Crippen molar-refractivity contribution in [3.8, 4) is 6.07 Å². The van der Waals surface area contributed by atoms with Gasteiger partial charge < -0.3 is 10.1 Å². The lowest BCUT2D eigenvalue weighted by atomic mass is 10.3. The first-order chi connectivity index (χ1) is 8.29.